The van der Waals surface area contributed by atoms with Gasteiger partial charge in [0.2, 0.25) is 0 Å². The topological polar surface area (TPSA) is 42.0 Å². The fourth-order valence-corrected chi connectivity index (χ4v) is 3.23. The number of rotatable bonds is 2. The lowest BCUT2D eigenvalue weighted by Crippen LogP contribution is -2.60. The minimum atomic E-state index is -0.545. The summed E-state index contributed by atoms with van der Waals surface area (Å²) in [5, 5.41) is 0. The third-order valence-corrected chi connectivity index (χ3v) is 4.46. The van der Waals surface area contributed by atoms with Gasteiger partial charge in [0.1, 0.15) is 11.6 Å². The van der Waals surface area contributed by atoms with Gasteiger partial charge in [-0.15, -0.1) is 0 Å². The first-order chi connectivity index (χ1) is 10.6. The lowest BCUT2D eigenvalue weighted by Gasteiger charge is -2.46. The summed E-state index contributed by atoms with van der Waals surface area (Å²) in [7, 11) is 3.50. The Morgan fingerprint density at radius 1 is 1.41 bits per heavy atom. The molecule has 0 unspecified atom stereocenters. The Balaban J connectivity index is 1.84. The van der Waals surface area contributed by atoms with Crippen LogP contribution in [0.5, 0.6) is 5.75 Å². The molecule has 1 aromatic rings. The van der Waals surface area contributed by atoms with Crippen molar-refractivity contribution in [3.05, 3.63) is 29.6 Å². The van der Waals surface area contributed by atoms with Crippen molar-refractivity contribution in [1.29, 1.82) is 0 Å². The van der Waals surface area contributed by atoms with Gasteiger partial charge in [0, 0.05) is 25.7 Å². The number of likely N-dealkylation sites (tertiary alicyclic amines) is 1. The van der Waals surface area contributed by atoms with Gasteiger partial charge in [0.15, 0.2) is 0 Å². The number of halogens is 1. The van der Waals surface area contributed by atoms with E-state index in [-0.39, 0.29) is 23.6 Å². The first-order valence-corrected chi connectivity index (χ1v) is 7.55. The summed E-state index contributed by atoms with van der Waals surface area (Å²) >= 11 is 0. The summed E-state index contributed by atoms with van der Waals surface area (Å²) in [5.41, 5.74) is 0.0923. The van der Waals surface area contributed by atoms with Gasteiger partial charge in [-0.25, -0.2) is 4.39 Å². The molecule has 2 heterocycles. The third-order valence-electron chi connectivity index (χ3n) is 4.46. The van der Waals surface area contributed by atoms with Crippen molar-refractivity contribution in [2.45, 2.75) is 18.6 Å². The predicted molar refractivity (Wildman–Crippen MR) is 79.6 cm³/mol. The molecule has 22 heavy (non-hydrogen) atoms. The molecule has 3 rings (SSSR count). The lowest BCUT2D eigenvalue weighted by atomic mass is 9.98. The van der Waals surface area contributed by atoms with Crippen molar-refractivity contribution in [1.82, 2.24) is 9.80 Å². The molecule has 2 fully saturated rings. The SMILES string of the molecule is COc1ccc(C(=O)N2CCO[C@H]3CCN(C)C[C@@H]32)c(F)c1. The molecular weight excluding hydrogens is 287 g/mol. The molecule has 0 bridgehead atoms. The van der Waals surface area contributed by atoms with Crippen molar-refractivity contribution in [2.24, 2.45) is 0 Å². The van der Waals surface area contributed by atoms with Crippen LogP contribution in [0, 0.1) is 5.82 Å². The van der Waals surface area contributed by atoms with Crippen LogP contribution in [0.2, 0.25) is 0 Å². The van der Waals surface area contributed by atoms with E-state index in [4.69, 9.17) is 9.47 Å². The Kier molecular flexibility index (Phi) is 4.31. The second-order valence-corrected chi connectivity index (χ2v) is 5.87. The van der Waals surface area contributed by atoms with E-state index in [1.54, 1.807) is 11.0 Å². The largest absolute Gasteiger partial charge is 0.497 e. The van der Waals surface area contributed by atoms with Gasteiger partial charge in [0.05, 0.1) is 31.4 Å². The summed E-state index contributed by atoms with van der Waals surface area (Å²) in [5.74, 6) is -0.406. The highest BCUT2D eigenvalue weighted by atomic mass is 19.1. The Morgan fingerprint density at radius 3 is 2.95 bits per heavy atom. The minimum Gasteiger partial charge on any atom is -0.497 e. The molecule has 1 amide bonds. The summed E-state index contributed by atoms with van der Waals surface area (Å²) in [6.45, 7) is 2.72. The van der Waals surface area contributed by atoms with Crippen LogP contribution in [0.3, 0.4) is 0 Å². The molecule has 6 heteroatoms. The van der Waals surface area contributed by atoms with Crippen LogP contribution in [-0.4, -0.2) is 68.3 Å². The molecule has 0 spiro atoms. The smallest absolute Gasteiger partial charge is 0.257 e. The van der Waals surface area contributed by atoms with E-state index < -0.39 is 5.82 Å². The number of methoxy groups -OCH3 is 1. The zero-order chi connectivity index (χ0) is 15.7. The molecule has 1 aromatic carbocycles. The predicted octanol–water partition coefficient (Wildman–Crippen LogP) is 1.38. The molecule has 120 valence electrons. The fraction of sp³-hybridized carbons (Fsp3) is 0.562. The number of fused-ring (bicyclic) bond motifs is 1. The number of amides is 1. The molecule has 2 saturated heterocycles. The zero-order valence-corrected chi connectivity index (χ0v) is 12.9. The van der Waals surface area contributed by atoms with Crippen molar-refractivity contribution in [3.8, 4) is 5.75 Å². The molecule has 2 atom stereocenters. The standard InChI is InChI=1S/C16H21FN2O3/c1-18-6-5-15-14(10-18)19(7-8-22-15)16(20)12-4-3-11(21-2)9-13(12)17/h3-4,9,14-15H,5-8,10H2,1-2H3/t14-,15-/m0/s1. The van der Waals surface area contributed by atoms with Crippen LogP contribution in [0.4, 0.5) is 4.39 Å². The van der Waals surface area contributed by atoms with E-state index in [9.17, 15) is 9.18 Å². The molecule has 5 nitrogen and oxygen atoms in total. The summed E-state index contributed by atoms with van der Waals surface area (Å²) < 4.78 is 24.9. The number of hydrogen-bond donors (Lipinski definition) is 0. The first kappa shape index (κ1) is 15.2. The van der Waals surface area contributed by atoms with E-state index >= 15 is 0 Å². The van der Waals surface area contributed by atoms with Gasteiger partial charge in [-0.1, -0.05) is 0 Å². The van der Waals surface area contributed by atoms with Gasteiger partial charge >= 0.3 is 0 Å². The average Bonchev–Trinajstić information content (AvgIpc) is 2.53. The van der Waals surface area contributed by atoms with Crippen molar-refractivity contribution < 1.29 is 18.7 Å². The van der Waals surface area contributed by atoms with Crippen molar-refractivity contribution >= 4 is 5.91 Å². The maximum Gasteiger partial charge on any atom is 0.257 e. The van der Waals surface area contributed by atoms with Crippen LogP contribution in [0.25, 0.3) is 0 Å². The number of carbonyl (C=O) groups excluding carboxylic acids is 1. The van der Waals surface area contributed by atoms with Gasteiger partial charge in [0.25, 0.3) is 5.91 Å². The number of likely N-dealkylation sites (N-methyl/N-ethyl adjacent to an activating group) is 1. The van der Waals surface area contributed by atoms with Gasteiger partial charge in [-0.2, -0.15) is 0 Å². The zero-order valence-electron chi connectivity index (χ0n) is 12.9. The number of piperidine rings is 1. The second-order valence-electron chi connectivity index (χ2n) is 5.87. The van der Waals surface area contributed by atoms with Crippen molar-refractivity contribution in [2.75, 3.05) is 40.4 Å². The van der Waals surface area contributed by atoms with Crippen LogP contribution in [-0.2, 0) is 4.74 Å². The van der Waals surface area contributed by atoms with Gasteiger partial charge < -0.3 is 19.3 Å². The molecule has 0 aromatic heterocycles. The maximum absolute atomic E-state index is 14.2. The maximum atomic E-state index is 14.2. The minimum absolute atomic E-state index is 0.0125. The Morgan fingerprint density at radius 2 is 2.23 bits per heavy atom. The highest BCUT2D eigenvalue weighted by Crippen LogP contribution is 2.25. The number of nitrogens with zero attached hydrogens (tertiary/aromatic N) is 2. The normalized spacial score (nSPS) is 25.7. The van der Waals surface area contributed by atoms with Gasteiger partial charge in [-0.3, -0.25) is 4.79 Å². The number of benzene rings is 1. The fourth-order valence-electron chi connectivity index (χ4n) is 3.23. The van der Waals surface area contributed by atoms with E-state index in [0.717, 1.165) is 19.5 Å². The molecule has 2 aliphatic rings. The quantitative estimate of drug-likeness (QED) is 0.828. The molecule has 0 saturated carbocycles. The molecule has 0 aliphatic carbocycles. The third kappa shape index (κ3) is 2.80. The lowest BCUT2D eigenvalue weighted by molar-refractivity contribution is -0.0870. The number of ether oxygens (including phenoxy) is 2. The summed E-state index contributed by atoms with van der Waals surface area (Å²) in [6.07, 6.45) is 0.950. The molecular formula is C16H21FN2O3. The van der Waals surface area contributed by atoms with Crippen LogP contribution in [0.15, 0.2) is 18.2 Å². The van der Waals surface area contributed by atoms with E-state index in [1.165, 1.54) is 19.2 Å². The number of morpholine rings is 1. The highest BCUT2D eigenvalue weighted by molar-refractivity contribution is 5.95. The number of carbonyl (C=O) groups is 1. The van der Waals surface area contributed by atoms with Gasteiger partial charge in [-0.05, 0) is 25.6 Å². The molecule has 0 radical (unpaired) electrons. The monoisotopic (exact) mass is 308 g/mol. The Labute approximate surface area is 129 Å². The van der Waals surface area contributed by atoms with Crippen LogP contribution >= 0.6 is 0 Å². The van der Waals surface area contributed by atoms with Crippen LogP contribution in [0.1, 0.15) is 16.8 Å². The van der Waals surface area contributed by atoms with E-state index in [1.807, 2.05) is 7.05 Å². The summed E-state index contributed by atoms with van der Waals surface area (Å²) in [4.78, 5) is 16.7. The average molecular weight is 308 g/mol. The van der Waals surface area contributed by atoms with E-state index in [2.05, 4.69) is 4.90 Å². The molecule has 2 aliphatic heterocycles. The highest BCUT2D eigenvalue weighted by Gasteiger charge is 2.39. The first-order valence-electron chi connectivity index (χ1n) is 7.55. The Bertz CT molecular complexity index is 566. The van der Waals surface area contributed by atoms with Crippen molar-refractivity contribution in [3.63, 3.8) is 0 Å². The summed E-state index contributed by atoms with van der Waals surface area (Å²) in [6, 6.07) is 4.34. The Hall–Kier alpha value is -1.66. The molecule has 0 N–H and O–H groups in total. The number of hydrogen-bond acceptors (Lipinski definition) is 4. The second kappa shape index (κ2) is 6.22. The van der Waals surface area contributed by atoms with E-state index in [0.29, 0.717) is 18.9 Å². The van der Waals surface area contributed by atoms with Crippen LogP contribution < -0.4 is 4.74 Å².